The van der Waals surface area contributed by atoms with Crippen molar-refractivity contribution in [3.8, 4) is 5.75 Å². The second-order valence-corrected chi connectivity index (χ2v) is 7.29. The molecule has 1 saturated carbocycles. The van der Waals surface area contributed by atoms with Gasteiger partial charge in [-0.3, -0.25) is 4.79 Å². The molecule has 0 bridgehead atoms. The van der Waals surface area contributed by atoms with E-state index in [0.29, 0.717) is 18.5 Å². The molecule has 1 heterocycles. The summed E-state index contributed by atoms with van der Waals surface area (Å²) in [7, 11) is 1.68. The average Bonchev–Trinajstić information content (AvgIpc) is 3.10. The SMILES string of the molecule is COc1ccc2ccccc2c1CNC(=O)C1CC2CCCCC2N1.Cl. The molecule has 1 aliphatic carbocycles. The molecule has 0 aromatic heterocycles. The number of amides is 1. The van der Waals surface area contributed by atoms with Crippen LogP contribution in [0.15, 0.2) is 36.4 Å². The number of carbonyl (C=O) groups excluding carboxylic acids is 1. The van der Waals surface area contributed by atoms with Gasteiger partial charge < -0.3 is 15.4 Å². The van der Waals surface area contributed by atoms with Crippen LogP contribution >= 0.6 is 12.4 Å². The highest BCUT2D eigenvalue weighted by molar-refractivity contribution is 5.89. The summed E-state index contributed by atoms with van der Waals surface area (Å²) in [6, 6.07) is 12.8. The number of hydrogen-bond donors (Lipinski definition) is 2. The zero-order valence-electron chi connectivity index (χ0n) is 15.2. The normalized spacial score (nSPS) is 24.6. The highest BCUT2D eigenvalue weighted by Crippen LogP contribution is 2.33. The van der Waals surface area contributed by atoms with Crippen molar-refractivity contribution in [2.45, 2.75) is 50.7 Å². The van der Waals surface area contributed by atoms with E-state index in [1.165, 1.54) is 25.7 Å². The molecule has 3 unspecified atom stereocenters. The number of fused-ring (bicyclic) bond motifs is 2. The molecule has 4 rings (SSSR count). The second kappa shape index (κ2) is 8.28. The van der Waals surface area contributed by atoms with Crippen LogP contribution in [0, 0.1) is 5.92 Å². The van der Waals surface area contributed by atoms with E-state index in [1.807, 2.05) is 18.2 Å². The van der Waals surface area contributed by atoms with Gasteiger partial charge in [0.25, 0.3) is 0 Å². The van der Waals surface area contributed by atoms with Crippen LogP contribution in [0.2, 0.25) is 0 Å². The van der Waals surface area contributed by atoms with Crippen molar-refractivity contribution >= 4 is 29.1 Å². The number of rotatable bonds is 4. The summed E-state index contributed by atoms with van der Waals surface area (Å²) in [6.07, 6.45) is 6.05. The Morgan fingerprint density at radius 2 is 2.00 bits per heavy atom. The predicted octanol–water partition coefficient (Wildman–Crippen LogP) is 3.81. The largest absolute Gasteiger partial charge is 0.496 e. The highest BCUT2D eigenvalue weighted by Gasteiger charge is 2.38. The number of ether oxygens (including phenoxy) is 1. The van der Waals surface area contributed by atoms with Gasteiger partial charge in [-0.2, -0.15) is 0 Å². The molecule has 2 N–H and O–H groups in total. The van der Waals surface area contributed by atoms with E-state index in [0.717, 1.165) is 28.5 Å². The molecule has 1 saturated heterocycles. The van der Waals surface area contributed by atoms with Crippen LogP contribution in [-0.4, -0.2) is 25.1 Å². The minimum atomic E-state index is -0.0472. The van der Waals surface area contributed by atoms with Gasteiger partial charge in [0.05, 0.1) is 13.2 Å². The number of halogens is 1. The van der Waals surface area contributed by atoms with Crippen LogP contribution in [0.5, 0.6) is 5.75 Å². The topological polar surface area (TPSA) is 50.4 Å². The number of methoxy groups -OCH3 is 1. The molecule has 2 fully saturated rings. The Morgan fingerprint density at radius 3 is 2.81 bits per heavy atom. The molecule has 2 aromatic rings. The summed E-state index contributed by atoms with van der Waals surface area (Å²) >= 11 is 0. The average molecular weight is 375 g/mol. The van der Waals surface area contributed by atoms with Crippen molar-refractivity contribution in [2.75, 3.05) is 7.11 Å². The lowest BCUT2D eigenvalue weighted by atomic mass is 9.85. The van der Waals surface area contributed by atoms with E-state index >= 15 is 0 Å². The summed E-state index contributed by atoms with van der Waals surface area (Å²) in [5, 5.41) is 8.99. The third kappa shape index (κ3) is 3.67. The lowest BCUT2D eigenvalue weighted by molar-refractivity contribution is -0.123. The Hall–Kier alpha value is -1.78. The Bertz CT molecular complexity index is 766. The maximum atomic E-state index is 12.7. The fourth-order valence-corrected chi connectivity index (χ4v) is 4.51. The maximum absolute atomic E-state index is 12.7. The van der Waals surface area contributed by atoms with Gasteiger partial charge in [0, 0.05) is 18.2 Å². The van der Waals surface area contributed by atoms with Gasteiger partial charge in [-0.15, -0.1) is 12.4 Å². The molecule has 26 heavy (non-hydrogen) atoms. The lowest BCUT2D eigenvalue weighted by Crippen LogP contribution is -2.42. The molecular weight excluding hydrogens is 348 g/mol. The zero-order valence-corrected chi connectivity index (χ0v) is 16.0. The van der Waals surface area contributed by atoms with Crippen LogP contribution in [-0.2, 0) is 11.3 Å². The molecule has 1 amide bonds. The van der Waals surface area contributed by atoms with E-state index in [2.05, 4.69) is 28.8 Å². The van der Waals surface area contributed by atoms with Crippen molar-refractivity contribution in [1.29, 1.82) is 0 Å². The van der Waals surface area contributed by atoms with Gasteiger partial charge in [-0.25, -0.2) is 0 Å². The summed E-state index contributed by atoms with van der Waals surface area (Å²) < 4.78 is 5.52. The number of benzene rings is 2. The Kier molecular flexibility index (Phi) is 6.05. The van der Waals surface area contributed by atoms with Crippen LogP contribution < -0.4 is 15.4 Å². The highest BCUT2D eigenvalue weighted by atomic mass is 35.5. The number of carbonyl (C=O) groups is 1. The molecule has 2 aliphatic rings. The fourth-order valence-electron chi connectivity index (χ4n) is 4.51. The monoisotopic (exact) mass is 374 g/mol. The Labute approximate surface area is 161 Å². The van der Waals surface area contributed by atoms with Crippen molar-refractivity contribution in [1.82, 2.24) is 10.6 Å². The molecule has 1 aliphatic heterocycles. The van der Waals surface area contributed by atoms with Gasteiger partial charge in [0.2, 0.25) is 5.91 Å². The third-order valence-corrected chi connectivity index (χ3v) is 5.84. The minimum Gasteiger partial charge on any atom is -0.496 e. The van der Waals surface area contributed by atoms with Crippen LogP contribution in [0.4, 0.5) is 0 Å². The fraction of sp³-hybridized carbons (Fsp3) is 0.476. The molecule has 0 spiro atoms. The second-order valence-electron chi connectivity index (χ2n) is 7.29. The van der Waals surface area contributed by atoms with Gasteiger partial charge in [-0.05, 0) is 42.0 Å². The summed E-state index contributed by atoms with van der Waals surface area (Å²) in [6.45, 7) is 0.497. The van der Waals surface area contributed by atoms with Crippen molar-refractivity contribution < 1.29 is 9.53 Å². The molecule has 4 nitrogen and oxygen atoms in total. The summed E-state index contributed by atoms with van der Waals surface area (Å²) in [5.41, 5.74) is 1.05. The first kappa shape index (κ1) is 19.0. The van der Waals surface area contributed by atoms with E-state index in [9.17, 15) is 4.79 Å². The lowest BCUT2D eigenvalue weighted by Gasteiger charge is -2.24. The van der Waals surface area contributed by atoms with E-state index in [4.69, 9.17) is 4.74 Å². The predicted molar refractivity (Wildman–Crippen MR) is 107 cm³/mol. The Morgan fingerprint density at radius 1 is 1.19 bits per heavy atom. The maximum Gasteiger partial charge on any atom is 0.237 e. The first-order valence-electron chi connectivity index (χ1n) is 9.34. The standard InChI is InChI=1S/C21H26N2O2.ClH/c1-25-20-11-10-14-6-2-4-8-16(14)17(20)13-22-21(24)19-12-15-7-3-5-9-18(15)23-19;/h2,4,6,8,10-11,15,18-19,23H,3,5,7,9,12-13H2,1H3,(H,22,24);1H. The van der Waals surface area contributed by atoms with Gasteiger partial charge in [-0.1, -0.05) is 43.2 Å². The van der Waals surface area contributed by atoms with E-state index < -0.39 is 0 Å². The van der Waals surface area contributed by atoms with Crippen LogP contribution in [0.25, 0.3) is 10.8 Å². The molecular formula is C21H27ClN2O2. The van der Waals surface area contributed by atoms with Crippen molar-refractivity contribution in [3.63, 3.8) is 0 Å². The first-order chi connectivity index (χ1) is 12.3. The molecule has 2 aromatic carbocycles. The molecule has 3 atom stereocenters. The Balaban J connectivity index is 0.00000196. The third-order valence-electron chi connectivity index (χ3n) is 5.84. The number of hydrogen-bond acceptors (Lipinski definition) is 3. The molecule has 0 radical (unpaired) electrons. The van der Waals surface area contributed by atoms with E-state index in [1.54, 1.807) is 7.11 Å². The van der Waals surface area contributed by atoms with Crippen molar-refractivity contribution in [2.24, 2.45) is 5.92 Å². The van der Waals surface area contributed by atoms with Crippen LogP contribution in [0.1, 0.15) is 37.7 Å². The number of nitrogens with one attached hydrogen (secondary N) is 2. The smallest absolute Gasteiger partial charge is 0.237 e. The van der Waals surface area contributed by atoms with Gasteiger partial charge in [0.1, 0.15) is 5.75 Å². The van der Waals surface area contributed by atoms with Gasteiger partial charge >= 0.3 is 0 Å². The summed E-state index contributed by atoms with van der Waals surface area (Å²) in [5.74, 6) is 1.62. The first-order valence-corrected chi connectivity index (χ1v) is 9.34. The molecule has 140 valence electrons. The zero-order chi connectivity index (χ0) is 17.2. The molecule has 5 heteroatoms. The van der Waals surface area contributed by atoms with Crippen molar-refractivity contribution in [3.05, 3.63) is 42.0 Å². The van der Waals surface area contributed by atoms with E-state index in [-0.39, 0.29) is 24.4 Å². The van der Waals surface area contributed by atoms with Gasteiger partial charge in [0.15, 0.2) is 0 Å². The quantitative estimate of drug-likeness (QED) is 0.855. The van der Waals surface area contributed by atoms with Crippen LogP contribution in [0.3, 0.4) is 0 Å². The summed E-state index contributed by atoms with van der Waals surface area (Å²) in [4.78, 5) is 12.7. The minimum absolute atomic E-state index is 0.